The van der Waals surface area contributed by atoms with E-state index >= 15 is 0 Å². The molecule has 0 N–H and O–H groups in total. The molecule has 32 heavy (non-hydrogen) atoms. The first-order chi connectivity index (χ1) is 15.5. The predicted octanol–water partition coefficient (Wildman–Crippen LogP) is 3.89. The second-order valence-corrected chi connectivity index (χ2v) is 10.4. The highest BCUT2D eigenvalue weighted by Crippen LogP contribution is 2.32. The summed E-state index contributed by atoms with van der Waals surface area (Å²) in [5, 5.41) is 0. The van der Waals surface area contributed by atoms with Crippen molar-refractivity contribution >= 4 is 15.9 Å². The summed E-state index contributed by atoms with van der Waals surface area (Å²) in [6.07, 6.45) is 5.73. The molecule has 2 aromatic carbocycles. The fraction of sp³-hybridized carbons (Fsp3) is 0.480. The predicted molar refractivity (Wildman–Crippen MR) is 125 cm³/mol. The molecule has 0 saturated carbocycles. The van der Waals surface area contributed by atoms with E-state index in [0.29, 0.717) is 12.5 Å². The SMILES string of the molecule is CCCN(CCCCN1C(=O)c2ccccc2S1(=O)=O)C1CCc2cccc(OC)c2C1. The number of benzene rings is 2. The maximum absolute atomic E-state index is 12.7. The molecule has 1 amide bonds. The molecule has 2 aromatic rings. The number of ether oxygens (including phenoxy) is 1. The Morgan fingerprint density at radius 3 is 2.66 bits per heavy atom. The third-order valence-corrected chi connectivity index (χ3v) is 8.47. The molecule has 0 bridgehead atoms. The van der Waals surface area contributed by atoms with Gasteiger partial charge in [-0.05, 0) is 80.9 Å². The van der Waals surface area contributed by atoms with Crippen molar-refractivity contribution < 1.29 is 17.9 Å². The lowest BCUT2D eigenvalue weighted by Crippen LogP contribution is -2.41. The summed E-state index contributed by atoms with van der Waals surface area (Å²) in [5.74, 6) is 0.572. The number of hydrogen-bond donors (Lipinski definition) is 0. The highest BCUT2D eigenvalue weighted by atomic mass is 32.2. The molecule has 0 saturated heterocycles. The molecule has 7 heteroatoms. The number of hydrogen-bond acceptors (Lipinski definition) is 5. The van der Waals surface area contributed by atoms with Crippen LogP contribution in [-0.2, 0) is 22.9 Å². The number of sulfonamides is 1. The van der Waals surface area contributed by atoms with Crippen LogP contribution in [0.5, 0.6) is 5.75 Å². The van der Waals surface area contributed by atoms with E-state index in [0.717, 1.165) is 55.2 Å². The van der Waals surface area contributed by atoms with E-state index in [2.05, 4.69) is 24.0 Å². The molecule has 1 aliphatic carbocycles. The molecule has 0 fully saturated rings. The average molecular weight is 457 g/mol. The summed E-state index contributed by atoms with van der Waals surface area (Å²) in [4.78, 5) is 15.3. The first-order valence-corrected chi connectivity index (χ1v) is 13.0. The Morgan fingerprint density at radius 2 is 1.91 bits per heavy atom. The normalized spacial score (nSPS) is 19.2. The zero-order chi connectivity index (χ0) is 22.7. The van der Waals surface area contributed by atoms with Crippen molar-refractivity contribution in [3.05, 3.63) is 59.2 Å². The van der Waals surface area contributed by atoms with Crippen LogP contribution >= 0.6 is 0 Å². The summed E-state index contributed by atoms with van der Waals surface area (Å²) >= 11 is 0. The van der Waals surface area contributed by atoms with Gasteiger partial charge in [0.1, 0.15) is 10.6 Å². The van der Waals surface area contributed by atoms with Gasteiger partial charge in [0.15, 0.2) is 0 Å². The summed E-state index contributed by atoms with van der Waals surface area (Å²) in [6.45, 7) is 4.34. The maximum Gasteiger partial charge on any atom is 0.269 e. The maximum atomic E-state index is 12.7. The minimum atomic E-state index is -3.71. The monoisotopic (exact) mass is 456 g/mol. The number of carbonyl (C=O) groups excluding carboxylic acids is 1. The van der Waals surface area contributed by atoms with Crippen LogP contribution in [0.4, 0.5) is 0 Å². The highest BCUT2D eigenvalue weighted by molar-refractivity contribution is 7.90. The van der Waals surface area contributed by atoms with Crippen LogP contribution < -0.4 is 4.74 Å². The second kappa shape index (κ2) is 9.63. The molecular formula is C25H32N2O4S. The largest absolute Gasteiger partial charge is 0.496 e. The third-order valence-electron chi connectivity index (χ3n) is 6.63. The van der Waals surface area contributed by atoms with Crippen LogP contribution in [0.1, 0.15) is 54.1 Å². The van der Waals surface area contributed by atoms with Gasteiger partial charge in [0.05, 0.1) is 12.7 Å². The van der Waals surface area contributed by atoms with Gasteiger partial charge in [-0.3, -0.25) is 4.79 Å². The van der Waals surface area contributed by atoms with E-state index in [1.165, 1.54) is 17.2 Å². The van der Waals surface area contributed by atoms with Crippen LogP contribution in [0.3, 0.4) is 0 Å². The van der Waals surface area contributed by atoms with Crippen molar-refractivity contribution in [2.24, 2.45) is 0 Å². The van der Waals surface area contributed by atoms with Crippen LogP contribution in [0.15, 0.2) is 47.4 Å². The number of methoxy groups -OCH3 is 1. The Kier molecular flexibility index (Phi) is 6.86. The Hall–Kier alpha value is -2.38. The number of nitrogens with zero attached hydrogens (tertiary/aromatic N) is 2. The summed E-state index contributed by atoms with van der Waals surface area (Å²) in [5.41, 5.74) is 2.99. The van der Waals surface area contributed by atoms with Gasteiger partial charge >= 0.3 is 0 Å². The van der Waals surface area contributed by atoms with E-state index in [1.807, 2.05) is 6.07 Å². The number of rotatable bonds is 9. The lowest BCUT2D eigenvalue weighted by molar-refractivity contribution is 0.0867. The Labute approximate surface area is 191 Å². The Morgan fingerprint density at radius 1 is 1.09 bits per heavy atom. The smallest absolute Gasteiger partial charge is 0.269 e. The first kappa shape index (κ1) is 22.8. The minimum Gasteiger partial charge on any atom is -0.496 e. The standard InChI is InChI=1S/C25H32N2O4S/c1-3-15-26(20-14-13-19-9-8-11-23(31-2)22(19)18-20)16-6-7-17-27-25(28)21-10-4-5-12-24(21)32(27,29)30/h4-5,8-12,20H,3,6-7,13-18H2,1-2H3. The van der Waals surface area contributed by atoms with E-state index in [4.69, 9.17) is 4.74 Å². The van der Waals surface area contributed by atoms with E-state index in [1.54, 1.807) is 25.3 Å². The molecule has 1 heterocycles. The molecule has 172 valence electrons. The molecule has 1 aliphatic heterocycles. The van der Waals surface area contributed by atoms with E-state index in [-0.39, 0.29) is 17.0 Å². The molecule has 0 aromatic heterocycles. The Balaban J connectivity index is 1.36. The topological polar surface area (TPSA) is 66.9 Å². The average Bonchev–Trinajstić information content (AvgIpc) is 3.00. The summed E-state index contributed by atoms with van der Waals surface area (Å²) < 4.78 is 32.1. The van der Waals surface area contributed by atoms with Crippen molar-refractivity contribution in [2.75, 3.05) is 26.7 Å². The molecule has 0 radical (unpaired) electrons. The van der Waals surface area contributed by atoms with Crippen LogP contribution in [0.25, 0.3) is 0 Å². The molecule has 2 aliphatic rings. The van der Waals surface area contributed by atoms with Gasteiger partial charge in [-0.2, -0.15) is 0 Å². The van der Waals surface area contributed by atoms with Crippen LogP contribution in [0, 0.1) is 0 Å². The van der Waals surface area contributed by atoms with Crippen molar-refractivity contribution in [3.8, 4) is 5.75 Å². The molecule has 1 unspecified atom stereocenters. The van der Waals surface area contributed by atoms with Gasteiger partial charge in [-0.25, -0.2) is 12.7 Å². The Bertz CT molecular complexity index is 1070. The van der Waals surface area contributed by atoms with Gasteiger partial charge < -0.3 is 9.64 Å². The van der Waals surface area contributed by atoms with Gasteiger partial charge in [0.25, 0.3) is 15.9 Å². The highest BCUT2D eigenvalue weighted by Gasteiger charge is 2.40. The lowest BCUT2D eigenvalue weighted by atomic mass is 9.86. The van der Waals surface area contributed by atoms with Gasteiger partial charge in [-0.1, -0.05) is 31.2 Å². The van der Waals surface area contributed by atoms with Gasteiger partial charge in [0, 0.05) is 12.6 Å². The quantitative estimate of drug-likeness (QED) is 0.536. The summed E-state index contributed by atoms with van der Waals surface area (Å²) in [6, 6.07) is 13.2. The van der Waals surface area contributed by atoms with E-state index in [9.17, 15) is 13.2 Å². The zero-order valence-electron chi connectivity index (χ0n) is 18.9. The van der Waals surface area contributed by atoms with Gasteiger partial charge in [0.2, 0.25) is 0 Å². The van der Waals surface area contributed by atoms with Crippen molar-refractivity contribution in [1.29, 1.82) is 0 Å². The fourth-order valence-electron chi connectivity index (χ4n) is 5.03. The minimum absolute atomic E-state index is 0.132. The van der Waals surface area contributed by atoms with Crippen LogP contribution in [-0.4, -0.2) is 56.3 Å². The number of fused-ring (bicyclic) bond motifs is 2. The molecule has 6 nitrogen and oxygen atoms in total. The number of aryl methyl sites for hydroxylation is 1. The number of unbranched alkanes of at least 4 members (excludes halogenated alkanes) is 1. The van der Waals surface area contributed by atoms with Gasteiger partial charge in [-0.15, -0.1) is 0 Å². The molecule has 1 atom stereocenters. The third kappa shape index (κ3) is 4.28. The lowest BCUT2D eigenvalue weighted by Gasteiger charge is -2.35. The fourth-order valence-corrected chi connectivity index (χ4v) is 6.63. The number of amides is 1. The first-order valence-electron chi connectivity index (χ1n) is 11.5. The molecular weight excluding hydrogens is 424 g/mol. The number of carbonyl (C=O) groups is 1. The van der Waals surface area contributed by atoms with E-state index < -0.39 is 15.9 Å². The molecule has 4 rings (SSSR count). The zero-order valence-corrected chi connectivity index (χ0v) is 19.7. The second-order valence-electron chi connectivity index (χ2n) is 8.62. The summed E-state index contributed by atoms with van der Waals surface area (Å²) in [7, 11) is -1.98. The van der Waals surface area contributed by atoms with Crippen molar-refractivity contribution in [3.63, 3.8) is 0 Å². The molecule has 0 spiro atoms. The van der Waals surface area contributed by atoms with Crippen LogP contribution in [0.2, 0.25) is 0 Å². The van der Waals surface area contributed by atoms with Crippen molar-refractivity contribution in [1.82, 2.24) is 9.21 Å². The van der Waals surface area contributed by atoms with Crippen molar-refractivity contribution in [2.45, 2.75) is 56.4 Å².